The maximum atomic E-state index is 10.8. The highest BCUT2D eigenvalue weighted by Gasteiger charge is 2.33. The molecule has 1 heterocycles. The van der Waals surface area contributed by atoms with Crippen LogP contribution in [-0.2, 0) is 6.54 Å². The van der Waals surface area contributed by atoms with Crippen LogP contribution in [0.15, 0.2) is 42.5 Å². The summed E-state index contributed by atoms with van der Waals surface area (Å²) in [5, 5.41) is 11.6. The first-order valence-corrected chi connectivity index (χ1v) is 9.21. The molecule has 0 bridgehead atoms. The van der Waals surface area contributed by atoms with Gasteiger partial charge >= 0.3 is 0 Å². The number of piperidine rings is 1. The summed E-state index contributed by atoms with van der Waals surface area (Å²) < 4.78 is 5.87. The summed E-state index contributed by atoms with van der Waals surface area (Å²) in [4.78, 5) is 2.36. The Balaban J connectivity index is 1.50. The average molecular weight is 360 g/mol. The first kappa shape index (κ1) is 18.2. The van der Waals surface area contributed by atoms with E-state index < -0.39 is 5.60 Å². The molecule has 1 fully saturated rings. The highest BCUT2D eigenvalue weighted by Crippen LogP contribution is 2.26. The van der Waals surface area contributed by atoms with Crippen molar-refractivity contribution in [1.82, 2.24) is 4.90 Å². The monoisotopic (exact) mass is 359 g/mol. The van der Waals surface area contributed by atoms with E-state index in [9.17, 15) is 5.11 Å². The molecule has 25 heavy (non-hydrogen) atoms. The molecule has 1 aliphatic rings. The number of aliphatic hydroxyl groups is 1. The van der Waals surface area contributed by atoms with E-state index in [4.69, 9.17) is 16.3 Å². The molecule has 0 saturated carbocycles. The van der Waals surface area contributed by atoms with E-state index >= 15 is 0 Å². The third-order valence-corrected chi connectivity index (χ3v) is 5.30. The van der Waals surface area contributed by atoms with Crippen LogP contribution in [0.4, 0.5) is 0 Å². The highest BCUT2D eigenvalue weighted by atomic mass is 35.5. The van der Waals surface area contributed by atoms with Gasteiger partial charge in [0.25, 0.3) is 0 Å². The second-order valence-corrected chi connectivity index (χ2v) is 7.60. The van der Waals surface area contributed by atoms with Crippen molar-refractivity contribution in [3.8, 4) is 5.75 Å². The molecule has 2 aromatic rings. The summed E-state index contributed by atoms with van der Waals surface area (Å²) in [5.41, 5.74) is 2.93. The minimum Gasteiger partial charge on any atom is -0.491 e. The second kappa shape index (κ2) is 7.77. The Hall–Kier alpha value is -1.55. The molecule has 0 spiro atoms. The zero-order chi connectivity index (χ0) is 17.9. The van der Waals surface area contributed by atoms with Crippen molar-refractivity contribution >= 4 is 11.6 Å². The van der Waals surface area contributed by atoms with Gasteiger partial charge in [0.2, 0.25) is 0 Å². The van der Waals surface area contributed by atoms with Crippen LogP contribution in [0.2, 0.25) is 5.02 Å². The van der Waals surface area contributed by atoms with Crippen LogP contribution in [0, 0.1) is 13.8 Å². The molecule has 0 amide bonds. The molecule has 3 nitrogen and oxygen atoms in total. The van der Waals surface area contributed by atoms with Crippen molar-refractivity contribution in [2.45, 2.75) is 38.8 Å². The van der Waals surface area contributed by atoms with Crippen molar-refractivity contribution in [2.24, 2.45) is 0 Å². The van der Waals surface area contributed by atoms with Gasteiger partial charge in [-0.25, -0.2) is 0 Å². The number of hydrogen-bond donors (Lipinski definition) is 1. The predicted molar refractivity (Wildman–Crippen MR) is 102 cm³/mol. The van der Waals surface area contributed by atoms with Crippen molar-refractivity contribution in [1.29, 1.82) is 0 Å². The van der Waals surface area contributed by atoms with Gasteiger partial charge in [0, 0.05) is 24.7 Å². The number of ether oxygens (including phenoxy) is 1. The Labute approximate surface area is 155 Å². The van der Waals surface area contributed by atoms with Gasteiger partial charge in [0.15, 0.2) is 0 Å². The number of benzene rings is 2. The van der Waals surface area contributed by atoms with Gasteiger partial charge in [0.05, 0.1) is 0 Å². The maximum absolute atomic E-state index is 10.8. The molecular weight excluding hydrogens is 334 g/mol. The largest absolute Gasteiger partial charge is 0.491 e. The van der Waals surface area contributed by atoms with Gasteiger partial charge < -0.3 is 9.84 Å². The third kappa shape index (κ3) is 4.97. The lowest BCUT2D eigenvalue weighted by Gasteiger charge is -2.38. The topological polar surface area (TPSA) is 32.7 Å². The minimum absolute atomic E-state index is 0.348. The lowest BCUT2D eigenvalue weighted by Crippen LogP contribution is -2.47. The predicted octanol–water partition coefficient (Wildman–Crippen LogP) is 4.36. The van der Waals surface area contributed by atoms with Gasteiger partial charge in [-0.15, -0.1) is 0 Å². The summed E-state index contributed by atoms with van der Waals surface area (Å²) in [6.07, 6.45) is 1.44. The van der Waals surface area contributed by atoms with E-state index in [1.807, 2.05) is 30.3 Å². The van der Waals surface area contributed by atoms with Crippen LogP contribution < -0.4 is 4.74 Å². The van der Waals surface area contributed by atoms with Crippen LogP contribution in [0.5, 0.6) is 5.75 Å². The summed E-state index contributed by atoms with van der Waals surface area (Å²) in [5.74, 6) is 0.831. The van der Waals surface area contributed by atoms with Gasteiger partial charge in [0.1, 0.15) is 18.0 Å². The fourth-order valence-corrected chi connectivity index (χ4v) is 3.40. The zero-order valence-corrected chi connectivity index (χ0v) is 15.7. The Morgan fingerprint density at radius 2 is 1.84 bits per heavy atom. The summed E-state index contributed by atoms with van der Waals surface area (Å²) in [7, 11) is 0. The van der Waals surface area contributed by atoms with Crippen LogP contribution in [0.3, 0.4) is 0 Å². The Kier molecular flexibility index (Phi) is 5.67. The molecule has 0 aromatic heterocycles. The average Bonchev–Trinajstić information content (AvgIpc) is 2.59. The van der Waals surface area contributed by atoms with Crippen molar-refractivity contribution < 1.29 is 9.84 Å². The molecule has 0 unspecified atom stereocenters. The summed E-state index contributed by atoms with van der Waals surface area (Å²) >= 11 is 6.05. The lowest BCUT2D eigenvalue weighted by molar-refractivity contribution is -0.0537. The number of rotatable bonds is 5. The highest BCUT2D eigenvalue weighted by molar-refractivity contribution is 6.30. The molecule has 2 aromatic carbocycles. The van der Waals surface area contributed by atoms with Gasteiger partial charge in [-0.05, 0) is 67.6 Å². The van der Waals surface area contributed by atoms with E-state index in [1.54, 1.807) is 0 Å². The Bertz CT molecular complexity index is 724. The molecule has 1 N–H and O–H groups in total. The second-order valence-electron chi connectivity index (χ2n) is 7.17. The normalized spacial score (nSPS) is 17.4. The fourth-order valence-electron chi connectivity index (χ4n) is 3.19. The molecular formula is C21H26ClNO2. The Morgan fingerprint density at radius 1 is 1.08 bits per heavy atom. The van der Waals surface area contributed by atoms with E-state index in [1.165, 1.54) is 16.7 Å². The number of halogens is 1. The van der Waals surface area contributed by atoms with E-state index in [-0.39, 0.29) is 0 Å². The number of likely N-dealkylation sites (tertiary alicyclic amines) is 1. The smallest absolute Gasteiger partial charge is 0.119 e. The molecule has 1 saturated heterocycles. The van der Waals surface area contributed by atoms with Gasteiger partial charge in [-0.2, -0.15) is 0 Å². The molecule has 0 radical (unpaired) electrons. The van der Waals surface area contributed by atoms with E-state index in [0.717, 1.165) is 43.2 Å². The van der Waals surface area contributed by atoms with Crippen LogP contribution in [0.1, 0.15) is 29.5 Å². The van der Waals surface area contributed by atoms with Crippen LogP contribution in [-0.4, -0.2) is 35.3 Å². The van der Waals surface area contributed by atoms with Crippen molar-refractivity contribution in [3.05, 3.63) is 64.2 Å². The molecule has 0 aliphatic carbocycles. The Morgan fingerprint density at radius 3 is 2.52 bits per heavy atom. The van der Waals surface area contributed by atoms with E-state index in [0.29, 0.717) is 6.61 Å². The van der Waals surface area contributed by atoms with Crippen molar-refractivity contribution in [2.75, 3.05) is 19.7 Å². The van der Waals surface area contributed by atoms with Crippen LogP contribution >= 0.6 is 11.6 Å². The SMILES string of the molecule is Cc1ccc(OCC2(O)CCN(Cc3cccc(Cl)c3)CC2)cc1C. The molecule has 1 aliphatic heterocycles. The first-order valence-electron chi connectivity index (χ1n) is 8.83. The number of hydrogen-bond acceptors (Lipinski definition) is 3. The van der Waals surface area contributed by atoms with E-state index in [2.05, 4.69) is 30.9 Å². The molecule has 4 heteroatoms. The number of aryl methyl sites for hydroxylation is 2. The van der Waals surface area contributed by atoms with Gasteiger partial charge in [-0.1, -0.05) is 29.8 Å². The summed E-state index contributed by atoms with van der Waals surface area (Å²) in [6, 6.07) is 14.0. The lowest BCUT2D eigenvalue weighted by atomic mass is 9.92. The third-order valence-electron chi connectivity index (χ3n) is 5.07. The quantitative estimate of drug-likeness (QED) is 0.860. The minimum atomic E-state index is -0.746. The van der Waals surface area contributed by atoms with Crippen LogP contribution in [0.25, 0.3) is 0 Å². The molecule has 134 valence electrons. The van der Waals surface area contributed by atoms with Gasteiger partial charge in [-0.3, -0.25) is 4.90 Å². The maximum Gasteiger partial charge on any atom is 0.119 e. The fraction of sp³-hybridized carbons (Fsp3) is 0.429. The standard InChI is InChI=1S/C21H26ClNO2/c1-16-6-7-20(12-17(16)2)25-15-21(24)8-10-23(11-9-21)14-18-4-3-5-19(22)13-18/h3-7,12-13,24H,8-11,14-15H2,1-2H3. The molecule has 0 atom stereocenters. The summed E-state index contributed by atoms with van der Waals surface area (Å²) in [6.45, 7) is 7.10. The molecule has 3 rings (SSSR count). The first-order chi connectivity index (χ1) is 11.9. The van der Waals surface area contributed by atoms with Crippen molar-refractivity contribution in [3.63, 3.8) is 0 Å². The number of nitrogens with zero attached hydrogens (tertiary/aromatic N) is 1. The zero-order valence-electron chi connectivity index (χ0n) is 15.0.